The fourth-order valence-corrected chi connectivity index (χ4v) is 1.83. The molecule has 0 N–H and O–H groups in total. The Morgan fingerprint density at radius 3 is 3.00 bits per heavy atom. The summed E-state index contributed by atoms with van der Waals surface area (Å²) in [5.41, 5.74) is 0. The fourth-order valence-electron chi connectivity index (χ4n) is 0.535. The first-order valence-corrected chi connectivity index (χ1v) is 4.90. The molecule has 1 aromatic heterocycles. The van der Waals surface area contributed by atoms with Crippen molar-refractivity contribution in [2.45, 2.75) is 4.21 Å². The van der Waals surface area contributed by atoms with Crippen molar-refractivity contribution >= 4 is 29.1 Å². The maximum absolute atomic E-state index is 10.9. The number of nitrogens with zero attached hydrogens (tertiary/aromatic N) is 1. The first kappa shape index (κ1) is 8.55. The Labute approximate surface area is 72.8 Å². The number of esters is 1. The third kappa shape index (κ3) is 1.94. The lowest BCUT2D eigenvalue weighted by Gasteiger charge is -1.89. The number of hydrogen-bond acceptors (Lipinski definition) is 5. The topological polar surface area (TPSA) is 39.2 Å². The first-order valence-electron chi connectivity index (χ1n) is 2.86. The standard InChI is InChI=1S/C6H7NO2S2/c1-9-6(8)5-7-3-4(10-2)11-5/h3H,1-2H3. The summed E-state index contributed by atoms with van der Waals surface area (Å²) in [6.07, 6.45) is 3.61. The maximum Gasteiger partial charge on any atom is 0.367 e. The van der Waals surface area contributed by atoms with Gasteiger partial charge in [0.25, 0.3) is 0 Å². The molecule has 0 unspecified atom stereocenters. The van der Waals surface area contributed by atoms with Crippen molar-refractivity contribution in [2.24, 2.45) is 0 Å². The van der Waals surface area contributed by atoms with E-state index in [9.17, 15) is 4.79 Å². The van der Waals surface area contributed by atoms with Crippen molar-refractivity contribution in [1.29, 1.82) is 0 Å². The van der Waals surface area contributed by atoms with Crippen molar-refractivity contribution in [2.75, 3.05) is 13.4 Å². The van der Waals surface area contributed by atoms with E-state index in [1.807, 2.05) is 6.26 Å². The Bertz CT molecular complexity index is 259. The largest absolute Gasteiger partial charge is 0.464 e. The van der Waals surface area contributed by atoms with E-state index in [2.05, 4.69) is 9.72 Å². The summed E-state index contributed by atoms with van der Waals surface area (Å²) in [5.74, 6) is -0.365. The van der Waals surface area contributed by atoms with E-state index >= 15 is 0 Å². The number of thiazole rings is 1. The van der Waals surface area contributed by atoms with Crippen molar-refractivity contribution in [3.05, 3.63) is 11.2 Å². The SMILES string of the molecule is COC(=O)c1ncc(SC)s1. The summed E-state index contributed by atoms with van der Waals surface area (Å²) in [6, 6.07) is 0. The van der Waals surface area contributed by atoms with Crippen molar-refractivity contribution in [3.8, 4) is 0 Å². The summed E-state index contributed by atoms with van der Waals surface area (Å²) in [7, 11) is 1.35. The minimum Gasteiger partial charge on any atom is -0.464 e. The molecule has 11 heavy (non-hydrogen) atoms. The molecule has 3 nitrogen and oxygen atoms in total. The van der Waals surface area contributed by atoms with E-state index < -0.39 is 0 Å². The normalized spacial score (nSPS) is 9.64. The summed E-state index contributed by atoms with van der Waals surface area (Å²) >= 11 is 2.91. The van der Waals surface area contributed by atoms with Crippen LogP contribution in [0.3, 0.4) is 0 Å². The lowest BCUT2D eigenvalue weighted by molar-refractivity contribution is 0.0600. The third-order valence-electron chi connectivity index (χ3n) is 1.05. The number of thioether (sulfide) groups is 1. The molecule has 1 heterocycles. The van der Waals surface area contributed by atoms with Crippen LogP contribution in [0, 0.1) is 0 Å². The van der Waals surface area contributed by atoms with Crippen LogP contribution in [0.2, 0.25) is 0 Å². The number of rotatable bonds is 2. The number of methoxy groups -OCH3 is 1. The third-order valence-corrected chi connectivity index (χ3v) is 3.08. The zero-order valence-electron chi connectivity index (χ0n) is 6.16. The second kappa shape index (κ2) is 3.73. The molecule has 0 radical (unpaired) electrons. The van der Waals surface area contributed by atoms with Crippen molar-refractivity contribution in [3.63, 3.8) is 0 Å². The van der Waals surface area contributed by atoms with Crippen molar-refractivity contribution < 1.29 is 9.53 Å². The molecule has 1 rings (SSSR count). The molecule has 0 aliphatic carbocycles. The van der Waals surface area contributed by atoms with Gasteiger partial charge in [-0.1, -0.05) is 0 Å². The lowest BCUT2D eigenvalue weighted by Crippen LogP contribution is -1.98. The Hall–Kier alpha value is -0.550. The van der Waals surface area contributed by atoms with Gasteiger partial charge in [-0.2, -0.15) is 0 Å². The zero-order chi connectivity index (χ0) is 8.27. The average molecular weight is 189 g/mol. The van der Waals surface area contributed by atoms with E-state index in [1.165, 1.54) is 18.4 Å². The van der Waals surface area contributed by atoms with Crippen LogP contribution in [0.1, 0.15) is 9.80 Å². The Kier molecular flexibility index (Phi) is 2.90. The summed E-state index contributed by atoms with van der Waals surface area (Å²) in [4.78, 5) is 14.7. The Morgan fingerprint density at radius 2 is 2.55 bits per heavy atom. The van der Waals surface area contributed by atoms with Crippen LogP contribution in [0.4, 0.5) is 0 Å². The van der Waals surface area contributed by atoms with Crippen LogP contribution in [-0.2, 0) is 4.74 Å². The van der Waals surface area contributed by atoms with Crippen LogP contribution in [-0.4, -0.2) is 24.3 Å². The van der Waals surface area contributed by atoms with Crippen LogP contribution in [0.5, 0.6) is 0 Å². The molecule has 0 aromatic carbocycles. The van der Waals surface area contributed by atoms with E-state index in [4.69, 9.17) is 0 Å². The molecular weight excluding hydrogens is 182 g/mol. The van der Waals surface area contributed by atoms with Gasteiger partial charge in [0.2, 0.25) is 5.01 Å². The highest BCUT2D eigenvalue weighted by atomic mass is 32.2. The van der Waals surface area contributed by atoms with Crippen LogP contribution >= 0.6 is 23.1 Å². The van der Waals surface area contributed by atoms with Gasteiger partial charge in [0.1, 0.15) is 0 Å². The first-order chi connectivity index (χ1) is 5.27. The second-order valence-corrected chi connectivity index (χ2v) is 3.82. The van der Waals surface area contributed by atoms with E-state index in [0.717, 1.165) is 4.21 Å². The summed E-state index contributed by atoms with van der Waals surface area (Å²) < 4.78 is 5.51. The molecule has 0 saturated carbocycles. The van der Waals surface area contributed by atoms with Crippen LogP contribution < -0.4 is 0 Å². The summed E-state index contributed by atoms with van der Waals surface area (Å²) in [5, 5.41) is 0.414. The molecular formula is C6H7NO2S2. The molecule has 0 bridgehead atoms. The molecule has 60 valence electrons. The lowest BCUT2D eigenvalue weighted by atomic mass is 10.7. The number of carbonyl (C=O) groups excluding carboxylic acids is 1. The molecule has 0 spiro atoms. The Balaban J connectivity index is 2.80. The van der Waals surface area contributed by atoms with Crippen LogP contribution in [0.15, 0.2) is 10.4 Å². The molecule has 0 atom stereocenters. The minimum absolute atomic E-state index is 0.365. The molecule has 0 aliphatic heterocycles. The number of carbonyl (C=O) groups is 1. The van der Waals surface area contributed by atoms with Gasteiger partial charge in [0.15, 0.2) is 0 Å². The maximum atomic E-state index is 10.9. The number of aromatic nitrogens is 1. The zero-order valence-corrected chi connectivity index (χ0v) is 7.79. The molecule has 0 amide bonds. The average Bonchev–Trinajstić information content (AvgIpc) is 2.50. The highest BCUT2D eigenvalue weighted by Crippen LogP contribution is 2.22. The van der Waals surface area contributed by atoms with Gasteiger partial charge in [-0.3, -0.25) is 0 Å². The Morgan fingerprint density at radius 1 is 1.82 bits per heavy atom. The molecule has 0 aliphatic rings. The van der Waals surface area contributed by atoms with Crippen molar-refractivity contribution in [1.82, 2.24) is 4.98 Å². The fraction of sp³-hybridized carbons (Fsp3) is 0.333. The quantitative estimate of drug-likeness (QED) is 0.524. The molecule has 5 heteroatoms. The van der Waals surface area contributed by atoms with Gasteiger partial charge in [-0.25, -0.2) is 9.78 Å². The second-order valence-electron chi connectivity index (χ2n) is 1.68. The predicted octanol–water partition coefficient (Wildman–Crippen LogP) is 1.65. The van der Waals surface area contributed by atoms with Gasteiger partial charge < -0.3 is 4.74 Å². The molecule has 1 aromatic rings. The monoisotopic (exact) mass is 189 g/mol. The van der Waals surface area contributed by atoms with Crippen LogP contribution in [0.25, 0.3) is 0 Å². The van der Waals surface area contributed by atoms with E-state index in [-0.39, 0.29) is 5.97 Å². The predicted molar refractivity (Wildman–Crippen MR) is 45.2 cm³/mol. The van der Waals surface area contributed by atoms with Gasteiger partial charge in [0, 0.05) is 0 Å². The highest BCUT2D eigenvalue weighted by molar-refractivity contribution is 8.00. The highest BCUT2D eigenvalue weighted by Gasteiger charge is 2.09. The minimum atomic E-state index is -0.365. The van der Waals surface area contributed by atoms with Gasteiger partial charge in [-0.05, 0) is 6.26 Å². The van der Waals surface area contributed by atoms with Gasteiger partial charge in [0.05, 0.1) is 17.5 Å². The smallest absolute Gasteiger partial charge is 0.367 e. The van der Waals surface area contributed by atoms with Gasteiger partial charge >= 0.3 is 5.97 Å². The number of hydrogen-bond donors (Lipinski definition) is 0. The summed E-state index contributed by atoms with van der Waals surface area (Å²) in [6.45, 7) is 0. The molecule has 0 fully saturated rings. The van der Waals surface area contributed by atoms with E-state index in [1.54, 1.807) is 18.0 Å². The van der Waals surface area contributed by atoms with Gasteiger partial charge in [-0.15, -0.1) is 23.1 Å². The number of ether oxygens (including phenoxy) is 1. The molecule has 0 saturated heterocycles. The van der Waals surface area contributed by atoms with E-state index in [0.29, 0.717) is 5.01 Å².